The minimum atomic E-state index is -1.20. The Bertz CT molecular complexity index is 585. The van der Waals surface area contributed by atoms with Crippen molar-refractivity contribution in [2.45, 2.75) is 57.0 Å². The van der Waals surface area contributed by atoms with Gasteiger partial charge in [-0.15, -0.1) is 11.3 Å². The third-order valence-electron chi connectivity index (χ3n) is 5.58. The fraction of sp³-hybridized carbons (Fsp3) is 0.833. The molecule has 2 aliphatic heterocycles. The zero-order valence-electron chi connectivity index (χ0n) is 15.5. The van der Waals surface area contributed by atoms with Crippen LogP contribution in [0.15, 0.2) is 6.20 Å². The molecule has 1 aromatic rings. The monoisotopic (exact) mass is 385 g/mol. The first-order chi connectivity index (χ1) is 12.4. The molecule has 0 bridgehead atoms. The molecule has 0 aromatic carbocycles. The number of rotatable bonds is 5. The Morgan fingerprint density at radius 3 is 2.65 bits per heavy atom. The zero-order chi connectivity index (χ0) is 18.8. The molecule has 5 atom stereocenters. The van der Waals surface area contributed by atoms with E-state index >= 15 is 0 Å². The molecule has 3 rings (SSSR count). The summed E-state index contributed by atoms with van der Waals surface area (Å²) in [4.78, 5) is 10.1. The number of hydrogen-bond donors (Lipinski definition) is 4. The first kappa shape index (κ1) is 20.0. The van der Waals surface area contributed by atoms with Crippen molar-refractivity contribution < 1.29 is 20.4 Å². The molecule has 2 fully saturated rings. The maximum atomic E-state index is 10.2. The van der Waals surface area contributed by atoms with E-state index in [-0.39, 0.29) is 13.2 Å². The van der Waals surface area contributed by atoms with Gasteiger partial charge in [0.15, 0.2) is 5.13 Å². The fourth-order valence-electron chi connectivity index (χ4n) is 4.00. The third-order valence-corrected chi connectivity index (χ3v) is 6.94. The second-order valence-electron chi connectivity index (χ2n) is 7.91. The highest BCUT2D eigenvalue weighted by Crippen LogP contribution is 2.31. The molecule has 2 aliphatic rings. The number of nitrogens with zero attached hydrogens (tertiary/aromatic N) is 3. The van der Waals surface area contributed by atoms with Gasteiger partial charge in [0.2, 0.25) is 0 Å². The summed E-state index contributed by atoms with van der Waals surface area (Å²) >= 11 is 1.75. The Kier molecular flexibility index (Phi) is 6.53. The molecule has 0 saturated carbocycles. The van der Waals surface area contributed by atoms with E-state index in [4.69, 9.17) is 0 Å². The lowest BCUT2D eigenvalue weighted by Crippen LogP contribution is -2.63. The summed E-state index contributed by atoms with van der Waals surface area (Å²) in [5, 5.41) is 40.7. The van der Waals surface area contributed by atoms with E-state index in [9.17, 15) is 20.4 Å². The number of thiazole rings is 1. The van der Waals surface area contributed by atoms with Gasteiger partial charge in [-0.2, -0.15) is 0 Å². The molecule has 148 valence electrons. The Morgan fingerprint density at radius 1 is 1.23 bits per heavy atom. The van der Waals surface area contributed by atoms with Gasteiger partial charge in [0, 0.05) is 37.3 Å². The molecule has 7 nitrogen and oxygen atoms in total. The van der Waals surface area contributed by atoms with E-state index < -0.39 is 24.4 Å². The van der Waals surface area contributed by atoms with Crippen molar-refractivity contribution in [1.29, 1.82) is 0 Å². The number of piperidine rings is 2. The van der Waals surface area contributed by atoms with E-state index in [2.05, 4.69) is 23.7 Å². The normalized spacial score (nSPS) is 33.8. The third kappa shape index (κ3) is 4.21. The highest BCUT2D eigenvalue weighted by atomic mass is 32.1. The van der Waals surface area contributed by atoms with Gasteiger partial charge in [-0.3, -0.25) is 4.90 Å². The minimum absolute atomic E-state index is 0.231. The number of anilines is 1. The summed E-state index contributed by atoms with van der Waals surface area (Å²) in [5.74, 6) is 0.855. The van der Waals surface area contributed by atoms with Crippen LogP contribution in [0.3, 0.4) is 0 Å². The molecule has 3 heterocycles. The predicted octanol–water partition coefficient (Wildman–Crippen LogP) is 0.242. The average molecular weight is 386 g/mol. The van der Waals surface area contributed by atoms with Crippen molar-refractivity contribution >= 4 is 16.5 Å². The number of likely N-dealkylation sites (tertiary alicyclic amines) is 1. The second-order valence-corrected chi connectivity index (χ2v) is 8.95. The van der Waals surface area contributed by atoms with E-state index in [1.807, 2.05) is 11.1 Å². The van der Waals surface area contributed by atoms with Crippen molar-refractivity contribution in [2.75, 3.05) is 37.7 Å². The molecule has 0 spiro atoms. The van der Waals surface area contributed by atoms with E-state index in [1.54, 1.807) is 11.3 Å². The molecular weight excluding hydrogens is 354 g/mol. The first-order valence-electron chi connectivity index (χ1n) is 9.50. The van der Waals surface area contributed by atoms with E-state index in [0.717, 1.165) is 31.1 Å². The molecule has 0 amide bonds. The summed E-state index contributed by atoms with van der Waals surface area (Å²) in [6.07, 6.45) is 0.802. The van der Waals surface area contributed by atoms with E-state index in [0.29, 0.717) is 18.4 Å². The molecule has 0 radical (unpaired) electrons. The van der Waals surface area contributed by atoms with Crippen LogP contribution < -0.4 is 4.90 Å². The van der Waals surface area contributed by atoms with Gasteiger partial charge in [0.25, 0.3) is 0 Å². The Balaban J connectivity index is 1.64. The van der Waals surface area contributed by atoms with Gasteiger partial charge in [0.1, 0.15) is 12.2 Å². The van der Waals surface area contributed by atoms with E-state index in [1.165, 1.54) is 4.88 Å². The number of β-amino-alcohol motifs (C(OH)–C–C–N with tert-alkyl or cyclic N) is 1. The molecular formula is C18H31N3O4S. The first-order valence-corrected chi connectivity index (χ1v) is 10.3. The maximum absolute atomic E-state index is 10.2. The van der Waals surface area contributed by atoms with Crippen molar-refractivity contribution in [3.05, 3.63) is 11.1 Å². The van der Waals surface area contributed by atoms with Gasteiger partial charge in [-0.05, 0) is 24.7 Å². The van der Waals surface area contributed by atoms with Crippen LogP contribution in [0.5, 0.6) is 0 Å². The Labute approximate surface area is 158 Å². The Morgan fingerprint density at radius 2 is 2.00 bits per heavy atom. The van der Waals surface area contributed by atoms with Gasteiger partial charge >= 0.3 is 0 Å². The van der Waals surface area contributed by atoms with Crippen molar-refractivity contribution in [2.24, 2.45) is 5.92 Å². The van der Waals surface area contributed by atoms with Crippen LogP contribution in [0.4, 0.5) is 5.13 Å². The second kappa shape index (κ2) is 8.50. The van der Waals surface area contributed by atoms with Gasteiger partial charge in [-0.1, -0.05) is 13.8 Å². The van der Waals surface area contributed by atoms with Crippen LogP contribution >= 0.6 is 11.3 Å². The molecule has 2 saturated heterocycles. The van der Waals surface area contributed by atoms with Gasteiger partial charge < -0.3 is 25.3 Å². The van der Waals surface area contributed by atoms with Crippen LogP contribution in [0, 0.1) is 5.92 Å². The van der Waals surface area contributed by atoms with Crippen LogP contribution in [0.1, 0.15) is 37.5 Å². The van der Waals surface area contributed by atoms with Crippen LogP contribution in [0.2, 0.25) is 0 Å². The largest absolute Gasteiger partial charge is 0.395 e. The summed E-state index contributed by atoms with van der Waals surface area (Å²) in [6, 6.07) is -0.531. The lowest BCUT2D eigenvalue weighted by Gasteiger charge is -2.45. The fourth-order valence-corrected chi connectivity index (χ4v) is 4.95. The number of aromatic nitrogens is 1. The smallest absolute Gasteiger partial charge is 0.185 e. The van der Waals surface area contributed by atoms with Crippen molar-refractivity contribution in [3.8, 4) is 0 Å². The van der Waals surface area contributed by atoms with Gasteiger partial charge in [0.05, 0.1) is 18.8 Å². The van der Waals surface area contributed by atoms with Crippen LogP contribution in [-0.2, 0) is 0 Å². The number of aliphatic hydroxyl groups is 4. The SMILES string of the molecule is CC(C)c1cnc(N2CCC[C@H](CN3C[C@H](O)[C@@H](O)[C@H](O)[C@H]3CO)C2)s1. The molecule has 0 aliphatic carbocycles. The molecule has 26 heavy (non-hydrogen) atoms. The topological polar surface area (TPSA) is 100 Å². The highest BCUT2D eigenvalue weighted by Gasteiger charge is 2.41. The summed E-state index contributed by atoms with van der Waals surface area (Å²) in [5.41, 5.74) is 0. The molecule has 4 N–H and O–H groups in total. The minimum Gasteiger partial charge on any atom is -0.395 e. The molecule has 0 unspecified atom stereocenters. The summed E-state index contributed by atoms with van der Waals surface area (Å²) in [6.45, 7) is 6.95. The molecule has 1 aromatic heterocycles. The van der Waals surface area contributed by atoms with Crippen molar-refractivity contribution in [3.63, 3.8) is 0 Å². The maximum Gasteiger partial charge on any atom is 0.185 e. The standard InChI is InChI=1S/C18H31N3O4S/c1-11(2)15-6-19-18(26-15)20-5-3-4-12(7-20)8-21-9-14(23)17(25)16(24)13(21)10-22/h6,11-14,16-17,22-25H,3-5,7-10H2,1-2H3/t12-,13+,14-,16+,17+/m0/s1. The molecule has 8 heteroatoms. The van der Waals surface area contributed by atoms with Gasteiger partial charge in [-0.25, -0.2) is 4.98 Å². The summed E-state index contributed by atoms with van der Waals surface area (Å²) in [7, 11) is 0. The lowest BCUT2D eigenvalue weighted by atomic mass is 9.91. The average Bonchev–Trinajstić information content (AvgIpc) is 3.11. The van der Waals surface area contributed by atoms with Crippen LogP contribution in [-0.4, -0.2) is 87.4 Å². The van der Waals surface area contributed by atoms with Crippen LogP contribution in [0.25, 0.3) is 0 Å². The number of aliphatic hydroxyl groups excluding tert-OH is 4. The zero-order valence-corrected chi connectivity index (χ0v) is 16.3. The highest BCUT2D eigenvalue weighted by molar-refractivity contribution is 7.15. The predicted molar refractivity (Wildman–Crippen MR) is 102 cm³/mol. The summed E-state index contributed by atoms with van der Waals surface area (Å²) < 4.78 is 0. The van der Waals surface area contributed by atoms with Crippen molar-refractivity contribution in [1.82, 2.24) is 9.88 Å². The lowest BCUT2D eigenvalue weighted by molar-refractivity contribution is -0.147. The quantitative estimate of drug-likeness (QED) is 0.576. The Hall–Kier alpha value is -0.770. The number of hydrogen-bond acceptors (Lipinski definition) is 8.